The van der Waals surface area contributed by atoms with E-state index in [0.717, 1.165) is 47.0 Å². The van der Waals surface area contributed by atoms with Crippen LogP contribution in [0.5, 0.6) is 0 Å². The summed E-state index contributed by atoms with van der Waals surface area (Å²) < 4.78 is 8.79. The second kappa shape index (κ2) is 10.7. The summed E-state index contributed by atoms with van der Waals surface area (Å²) in [5.74, 6) is -1.05. The summed E-state index contributed by atoms with van der Waals surface area (Å²) in [4.78, 5) is 12.1. The van der Waals surface area contributed by atoms with Gasteiger partial charge in [-0.25, -0.2) is 4.68 Å². The zero-order valence-corrected chi connectivity index (χ0v) is 24.8. The smallest absolute Gasteiger partial charge is 0.304 e. The van der Waals surface area contributed by atoms with Crippen molar-refractivity contribution in [2.24, 2.45) is 7.05 Å². The minimum Gasteiger partial charge on any atom is -0.481 e. The number of nitrogens with zero attached hydrogens (tertiary/aromatic N) is 3. The molecular formula is C30H43N3O3Si. The number of carbonyl (C=O) groups is 1. The van der Waals surface area contributed by atoms with E-state index in [1.54, 1.807) is 4.68 Å². The topological polar surface area (TPSA) is 77.2 Å². The Morgan fingerprint density at radius 3 is 2.38 bits per heavy atom. The number of carboxylic acids is 1. The predicted molar refractivity (Wildman–Crippen MR) is 152 cm³/mol. The molecule has 4 rings (SSSR count). The van der Waals surface area contributed by atoms with E-state index in [1.807, 2.05) is 20.0 Å². The number of benzene rings is 2. The number of carboxylic acid groups (broad SMARTS) is 1. The summed E-state index contributed by atoms with van der Waals surface area (Å²) in [5, 5.41) is 18.5. The van der Waals surface area contributed by atoms with Crippen LogP contribution in [0.15, 0.2) is 24.3 Å². The van der Waals surface area contributed by atoms with E-state index in [0.29, 0.717) is 23.2 Å². The van der Waals surface area contributed by atoms with Gasteiger partial charge in [0, 0.05) is 13.0 Å². The number of fused-ring (bicyclic) bond motifs is 2. The van der Waals surface area contributed by atoms with Crippen LogP contribution in [-0.4, -0.2) is 34.4 Å². The first-order valence-corrected chi connectivity index (χ1v) is 15.9. The highest BCUT2D eigenvalue weighted by atomic mass is 28.4. The summed E-state index contributed by atoms with van der Waals surface area (Å²) in [5.41, 5.74) is 10.4. The number of aromatic nitrogens is 3. The lowest BCUT2D eigenvalue weighted by Gasteiger charge is -2.42. The molecule has 0 bridgehead atoms. The van der Waals surface area contributed by atoms with Crippen LogP contribution in [0.3, 0.4) is 0 Å². The highest BCUT2D eigenvalue weighted by Crippen LogP contribution is 2.44. The van der Waals surface area contributed by atoms with Gasteiger partial charge in [0.25, 0.3) is 0 Å². The standard InChI is InChI=1S/C30H43N3O3Si/c1-18(2)37(19(3)4,20(5)6)36-17-24-15-23(14-22-10-9-11-26(22)24)27(16-29(34)35)25-12-13-28-30(21(25)7)31-32-33(28)8/h12-15,18-20,27H,9-11,16-17H2,1-8H3,(H,34,35). The third-order valence-corrected chi connectivity index (χ3v) is 14.8. The van der Waals surface area contributed by atoms with Gasteiger partial charge >= 0.3 is 5.97 Å². The second-order valence-corrected chi connectivity index (χ2v) is 17.2. The normalized spacial score (nSPS) is 14.8. The maximum atomic E-state index is 12.1. The molecule has 2 aromatic carbocycles. The summed E-state index contributed by atoms with van der Waals surface area (Å²) in [6.07, 6.45) is 3.29. The van der Waals surface area contributed by atoms with E-state index in [-0.39, 0.29) is 12.3 Å². The van der Waals surface area contributed by atoms with E-state index in [2.05, 4.69) is 70.1 Å². The molecule has 3 aromatic rings. The van der Waals surface area contributed by atoms with Gasteiger partial charge in [-0.15, -0.1) is 5.10 Å². The molecule has 0 amide bonds. The number of hydrogen-bond donors (Lipinski definition) is 1. The van der Waals surface area contributed by atoms with E-state index in [4.69, 9.17) is 4.43 Å². The lowest BCUT2D eigenvalue weighted by atomic mass is 9.83. The average Bonchev–Trinajstić information content (AvgIpc) is 3.44. The maximum absolute atomic E-state index is 12.1. The van der Waals surface area contributed by atoms with Crippen molar-refractivity contribution in [1.29, 1.82) is 0 Å². The molecule has 1 N–H and O–H groups in total. The lowest BCUT2D eigenvalue weighted by molar-refractivity contribution is -0.137. The van der Waals surface area contributed by atoms with Crippen LogP contribution in [-0.2, 0) is 35.7 Å². The Bertz CT molecular complexity index is 1270. The van der Waals surface area contributed by atoms with Crippen molar-refractivity contribution in [3.8, 4) is 0 Å². The molecule has 0 spiro atoms. The predicted octanol–water partition coefficient (Wildman–Crippen LogP) is 7.06. The Morgan fingerprint density at radius 2 is 1.76 bits per heavy atom. The van der Waals surface area contributed by atoms with Crippen LogP contribution in [0.2, 0.25) is 16.6 Å². The summed E-state index contributed by atoms with van der Waals surface area (Å²) >= 11 is 0. The first-order chi connectivity index (χ1) is 17.5. The summed E-state index contributed by atoms with van der Waals surface area (Å²) in [7, 11) is -0.147. The molecule has 6 nitrogen and oxygen atoms in total. The highest BCUT2D eigenvalue weighted by molar-refractivity contribution is 6.77. The van der Waals surface area contributed by atoms with E-state index < -0.39 is 14.3 Å². The van der Waals surface area contributed by atoms with Crippen molar-refractivity contribution < 1.29 is 14.3 Å². The number of hydrogen-bond acceptors (Lipinski definition) is 4. The largest absolute Gasteiger partial charge is 0.481 e. The minimum absolute atomic E-state index is 0.0361. The fraction of sp³-hybridized carbons (Fsp3) is 0.567. The van der Waals surface area contributed by atoms with Crippen molar-refractivity contribution >= 4 is 25.3 Å². The van der Waals surface area contributed by atoms with E-state index >= 15 is 0 Å². The molecule has 0 saturated heterocycles. The third-order valence-electron chi connectivity index (χ3n) is 8.75. The van der Waals surface area contributed by atoms with Crippen molar-refractivity contribution in [3.63, 3.8) is 0 Å². The van der Waals surface area contributed by atoms with Crippen LogP contribution in [0, 0.1) is 6.92 Å². The number of aryl methyl sites for hydroxylation is 3. The number of rotatable bonds is 10. The molecule has 0 saturated carbocycles. The monoisotopic (exact) mass is 521 g/mol. The van der Waals surface area contributed by atoms with Gasteiger partial charge in [0.1, 0.15) is 5.52 Å². The zero-order valence-electron chi connectivity index (χ0n) is 23.8. The van der Waals surface area contributed by atoms with Crippen molar-refractivity contribution in [2.75, 3.05) is 0 Å². The van der Waals surface area contributed by atoms with Crippen molar-refractivity contribution in [2.45, 2.75) is 103 Å². The first kappa shape index (κ1) is 27.5. The Labute approximate surface area is 222 Å². The first-order valence-electron chi connectivity index (χ1n) is 13.8. The molecule has 1 aromatic heterocycles. The molecular weight excluding hydrogens is 478 g/mol. The Balaban J connectivity index is 1.79. The molecule has 200 valence electrons. The van der Waals surface area contributed by atoms with Crippen LogP contribution < -0.4 is 0 Å². The molecule has 1 aliphatic rings. The third kappa shape index (κ3) is 5.00. The molecule has 1 unspecified atom stereocenters. The fourth-order valence-electron chi connectivity index (χ4n) is 7.07. The lowest BCUT2D eigenvalue weighted by Crippen LogP contribution is -2.47. The molecule has 0 radical (unpaired) electrons. The van der Waals surface area contributed by atoms with Crippen molar-refractivity contribution in [3.05, 3.63) is 57.6 Å². The molecule has 1 aliphatic carbocycles. The Kier molecular flexibility index (Phi) is 7.95. The van der Waals surface area contributed by atoms with Crippen molar-refractivity contribution in [1.82, 2.24) is 15.0 Å². The van der Waals surface area contributed by atoms with Gasteiger partial charge in [-0.3, -0.25) is 4.79 Å². The molecule has 1 heterocycles. The molecule has 0 aliphatic heterocycles. The quantitative estimate of drug-likeness (QED) is 0.289. The van der Waals surface area contributed by atoms with E-state index in [1.165, 1.54) is 16.7 Å². The molecule has 37 heavy (non-hydrogen) atoms. The fourth-order valence-corrected chi connectivity index (χ4v) is 12.5. The summed E-state index contributed by atoms with van der Waals surface area (Å²) in [6.45, 7) is 16.6. The summed E-state index contributed by atoms with van der Waals surface area (Å²) in [6, 6.07) is 8.58. The second-order valence-electron chi connectivity index (χ2n) is 11.8. The molecule has 7 heteroatoms. The molecule has 1 atom stereocenters. The maximum Gasteiger partial charge on any atom is 0.304 e. The Hall–Kier alpha value is -2.51. The average molecular weight is 522 g/mol. The Morgan fingerprint density at radius 1 is 1.08 bits per heavy atom. The van der Waals surface area contributed by atoms with Gasteiger partial charge < -0.3 is 9.53 Å². The minimum atomic E-state index is -2.03. The SMILES string of the molecule is Cc1c(C(CC(=O)O)c2cc3c(c(CO[Si](C(C)C)(C(C)C)C(C)C)c2)CCC3)ccc2c1nnn2C. The number of aliphatic carboxylic acids is 1. The highest BCUT2D eigenvalue weighted by Gasteiger charge is 2.45. The van der Waals surface area contributed by atoms with E-state index in [9.17, 15) is 9.90 Å². The van der Waals surface area contributed by atoms with Crippen LogP contribution >= 0.6 is 0 Å². The van der Waals surface area contributed by atoms with Gasteiger partial charge in [0.15, 0.2) is 0 Å². The van der Waals surface area contributed by atoms with Crippen LogP contribution in [0.4, 0.5) is 0 Å². The van der Waals surface area contributed by atoms with Crippen LogP contribution in [0.1, 0.15) is 93.7 Å². The molecule has 0 fully saturated rings. The van der Waals surface area contributed by atoms with Gasteiger partial charge in [0.05, 0.1) is 18.5 Å². The van der Waals surface area contributed by atoms with Gasteiger partial charge in [0.2, 0.25) is 8.32 Å². The van der Waals surface area contributed by atoms with Gasteiger partial charge in [-0.2, -0.15) is 0 Å². The van der Waals surface area contributed by atoms with Gasteiger partial charge in [-0.05, 0) is 82.3 Å². The zero-order chi connectivity index (χ0) is 27.1. The van der Waals surface area contributed by atoms with Crippen LogP contribution in [0.25, 0.3) is 11.0 Å². The van der Waals surface area contributed by atoms with Gasteiger partial charge in [-0.1, -0.05) is 65.0 Å².